The van der Waals surface area contributed by atoms with E-state index in [0.717, 1.165) is 22.5 Å². The molecule has 2 N–H and O–H groups in total. The van der Waals surface area contributed by atoms with Crippen molar-refractivity contribution >= 4 is 17.3 Å². The first-order valence-electron chi connectivity index (χ1n) is 7.66. The van der Waals surface area contributed by atoms with E-state index in [0.29, 0.717) is 12.1 Å². The third kappa shape index (κ3) is 4.16. The summed E-state index contributed by atoms with van der Waals surface area (Å²) in [5.74, 6) is -0.184. The van der Waals surface area contributed by atoms with Crippen molar-refractivity contribution in [2.75, 3.05) is 10.6 Å². The topological polar surface area (TPSA) is 66.9 Å². The van der Waals surface area contributed by atoms with Crippen LogP contribution in [-0.2, 0) is 6.54 Å². The lowest BCUT2D eigenvalue weighted by atomic mass is 10.2. The van der Waals surface area contributed by atoms with E-state index in [1.807, 2.05) is 43.3 Å². The Kier molecular flexibility index (Phi) is 4.81. The quantitative estimate of drug-likeness (QED) is 0.753. The first kappa shape index (κ1) is 15.7. The molecule has 0 bridgehead atoms. The molecule has 0 aliphatic carbocycles. The molecule has 3 rings (SSSR count). The number of aromatic nitrogens is 2. The van der Waals surface area contributed by atoms with Gasteiger partial charge in [-0.1, -0.05) is 23.8 Å². The molecule has 0 aliphatic rings. The Morgan fingerprint density at radius 3 is 2.58 bits per heavy atom. The van der Waals surface area contributed by atoms with E-state index in [1.165, 1.54) is 0 Å². The molecule has 120 valence electrons. The number of carbonyl (C=O) groups excluding carboxylic acids is 1. The summed E-state index contributed by atoms with van der Waals surface area (Å²) in [6.45, 7) is 2.63. The van der Waals surface area contributed by atoms with Crippen molar-refractivity contribution in [1.82, 2.24) is 9.97 Å². The molecule has 0 spiro atoms. The van der Waals surface area contributed by atoms with Crippen LogP contribution in [0.1, 0.15) is 21.5 Å². The van der Waals surface area contributed by atoms with Crippen LogP contribution < -0.4 is 10.6 Å². The number of anilines is 2. The molecule has 2 heterocycles. The van der Waals surface area contributed by atoms with Crippen LogP contribution in [0.2, 0.25) is 0 Å². The van der Waals surface area contributed by atoms with E-state index in [1.54, 1.807) is 30.9 Å². The van der Waals surface area contributed by atoms with Crippen LogP contribution >= 0.6 is 0 Å². The summed E-state index contributed by atoms with van der Waals surface area (Å²) in [5.41, 5.74) is 4.27. The number of rotatable bonds is 5. The molecule has 0 atom stereocenters. The maximum absolute atomic E-state index is 12.3. The first-order chi connectivity index (χ1) is 11.7. The number of nitrogens with zero attached hydrogens (tertiary/aromatic N) is 2. The van der Waals surface area contributed by atoms with Gasteiger partial charge in [0.25, 0.3) is 5.91 Å². The highest BCUT2D eigenvalue weighted by Gasteiger charge is 2.07. The van der Waals surface area contributed by atoms with Crippen molar-refractivity contribution in [3.63, 3.8) is 0 Å². The number of pyridine rings is 2. The second-order valence-electron chi connectivity index (χ2n) is 5.50. The Hall–Kier alpha value is -3.21. The number of hydrogen-bond donors (Lipinski definition) is 2. The van der Waals surface area contributed by atoms with E-state index in [4.69, 9.17) is 0 Å². The molecule has 0 unspecified atom stereocenters. The molecule has 0 aliphatic heterocycles. The third-order valence-corrected chi connectivity index (χ3v) is 3.53. The molecule has 24 heavy (non-hydrogen) atoms. The number of aryl methyl sites for hydroxylation is 1. The van der Waals surface area contributed by atoms with E-state index >= 15 is 0 Å². The molecule has 3 aromatic rings. The van der Waals surface area contributed by atoms with Crippen LogP contribution in [0.25, 0.3) is 0 Å². The Balaban J connectivity index is 1.65. The van der Waals surface area contributed by atoms with Gasteiger partial charge in [0, 0.05) is 37.0 Å². The van der Waals surface area contributed by atoms with Gasteiger partial charge in [-0.3, -0.25) is 14.8 Å². The average molecular weight is 318 g/mol. The maximum atomic E-state index is 12.3. The molecule has 2 aromatic heterocycles. The monoisotopic (exact) mass is 318 g/mol. The van der Waals surface area contributed by atoms with Crippen molar-refractivity contribution in [3.05, 3.63) is 83.9 Å². The minimum Gasteiger partial charge on any atom is -0.380 e. The number of carbonyl (C=O) groups is 1. The van der Waals surface area contributed by atoms with Gasteiger partial charge in [0.1, 0.15) is 0 Å². The highest BCUT2D eigenvalue weighted by molar-refractivity contribution is 6.04. The molecule has 5 heteroatoms. The molecule has 0 fully saturated rings. The van der Waals surface area contributed by atoms with Gasteiger partial charge >= 0.3 is 0 Å². The lowest BCUT2D eigenvalue weighted by molar-refractivity contribution is 0.102. The van der Waals surface area contributed by atoms with Gasteiger partial charge in [-0.15, -0.1) is 0 Å². The number of benzene rings is 1. The number of nitrogens with one attached hydrogen (secondary N) is 2. The Labute approximate surface area is 140 Å². The van der Waals surface area contributed by atoms with E-state index in [-0.39, 0.29) is 5.91 Å². The van der Waals surface area contributed by atoms with Gasteiger partial charge in [-0.05, 0) is 36.8 Å². The number of hydrogen-bond acceptors (Lipinski definition) is 4. The van der Waals surface area contributed by atoms with Crippen molar-refractivity contribution < 1.29 is 4.79 Å². The summed E-state index contributed by atoms with van der Waals surface area (Å²) in [4.78, 5) is 20.5. The normalized spacial score (nSPS) is 10.2. The highest BCUT2D eigenvalue weighted by Crippen LogP contribution is 2.14. The zero-order chi connectivity index (χ0) is 16.8. The zero-order valence-corrected chi connectivity index (χ0v) is 13.4. The lowest BCUT2D eigenvalue weighted by Gasteiger charge is -2.09. The number of amides is 1. The van der Waals surface area contributed by atoms with E-state index in [2.05, 4.69) is 20.6 Å². The first-order valence-corrected chi connectivity index (χ1v) is 7.66. The van der Waals surface area contributed by atoms with Gasteiger partial charge in [-0.2, -0.15) is 0 Å². The summed E-state index contributed by atoms with van der Waals surface area (Å²) < 4.78 is 0. The van der Waals surface area contributed by atoms with Crippen LogP contribution in [-0.4, -0.2) is 15.9 Å². The zero-order valence-electron chi connectivity index (χ0n) is 13.4. The Bertz CT molecular complexity index is 816. The fourth-order valence-electron chi connectivity index (χ4n) is 2.21. The molecular weight excluding hydrogens is 300 g/mol. The summed E-state index contributed by atoms with van der Waals surface area (Å²) in [6, 6.07) is 13.3. The molecule has 0 saturated heterocycles. The van der Waals surface area contributed by atoms with Crippen molar-refractivity contribution in [2.24, 2.45) is 0 Å². The van der Waals surface area contributed by atoms with Crippen LogP contribution in [0.5, 0.6) is 0 Å². The van der Waals surface area contributed by atoms with Crippen LogP contribution in [0.3, 0.4) is 0 Å². The molecule has 1 amide bonds. The smallest absolute Gasteiger partial charge is 0.257 e. The maximum Gasteiger partial charge on any atom is 0.257 e. The molecule has 0 saturated carbocycles. The van der Waals surface area contributed by atoms with Gasteiger partial charge in [0.05, 0.1) is 11.3 Å². The second-order valence-corrected chi connectivity index (χ2v) is 5.50. The highest BCUT2D eigenvalue weighted by atomic mass is 16.1. The molecule has 5 nitrogen and oxygen atoms in total. The van der Waals surface area contributed by atoms with Gasteiger partial charge in [0.15, 0.2) is 0 Å². The van der Waals surface area contributed by atoms with Gasteiger partial charge in [-0.25, -0.2) is 0 Å². The second kappa shape index (κ2) is 7.37. The summed E-state index contributed by atoms with van der Waals surface area (Å²) in [6.07, 6.45) is 6.78. The minimum atomic E-state index is -0.184. The predicted molar refractivity (Wildman–Crippen MR) is 94.9 cm³/mol. The van der Waals surface area contributed by atoms with Crippen molar-refractivity contribution in [2.45, 2.75) is 13.5 Å². The minimum absolute atomic E-state index is 0.184. The Morgan fingerprint density at radius 2 is 1.83 bits per heavy atom. The van der Waals surface area contributed by atoms with E-state index < -0.39 is 0 Å². The standard InChI is InChI=1S/C19H18N4O/c1-14-4-6-17(7-5-14)23-19(24)16-9-18(13-21-12-16)22-11-15-3-2-8-20-10-15/h2-10,12-13,22H,11H2,1H3,(H,23,24). The summed E-state index contributed by atoms with van der Waals surface area (Å²) >= 11 is 0. The largest absolute Gasteiger partial charge is 0.380 e. The van der Waals surface area contributed by atoms with Gasteiger partial charge in [0.2, 0.25) is 0 Å². The predicted octanol–water partition coefficient (Wildman–Crippen LogP) is 3.65. The average Bonchev–Trinajstić information content (AvgIpc) is 2.63. The van der Waals surface area contributed by atoms with Crippen molar-refractivity contribution in [3.8, 4) is 0 Å². The Morgan fingerprint density at radius 1 is 1.00 bits per heavy atom. The van der Waals surface area contributed by atoms with Crippen LogP contribution in [0.15, 0.2) is 67.3 Å². The van der Waals surface area contributed by atoms with Crippen molar-refractivity contribution in [1.29, 1.82) is 0 Å². The van der Waals surface area contributed by atoms with Gasteiger partial charge < -0.3 is 10.6 Å². The molecule has 1 aromatic carbocycles. The third-order valence-electron chi connectivity index (χ3n) is 3.53. The molecular formula is C19H18N4O. The summed E-state index contributed by atoms with van der Waals surface area (Å²) in [7, 11) is 0. The fraction of sp³-hybridized carbons (Fsp3) is 0.105. The lowest BCUT2D eigenvalue weighted by Crippen LogP contribution is -2.12. The SMILES string of the molecule is Cc1ccc(NC(=O)c2cncc(NCc3cccnc3)c2)cc1. The fourth-order valence-corrected chi connectivity index (χ4v) is 2.21. The van der Waals surface area contributed by atoms with Crippen LogP contribution in [0, 0.1) is 6.92 Å². The van der Waals surface area contributed by atoms with Crippen LogP contribution in [0.4, 0.5) is 11.4 Å². The summed E-state index contributed by atoms with van der Waals surface area (Å²) in [5, 5.41) is 6.11. The van der Waals surface area contributed by atoms with E-state index in [9.17, 15) is 4.79 Å². The molecule has 0 radical (unpaired) electrons.